The Kier molecular flexibility index (Phi) is 8.01. The molecule has 0 N–H and O–H groups in total. The van der Waals surface area contributed by atoms with Gasteiger partial charge in [0.2, 0.25) is 0 Å². The molecule has 3 heteroatoms. The molecule has 1 aromatic rings. The second-order valence-electron chi connectivity index (χ2n) is 7.93. The number of hydrogen-bond acceptors (Lipinski definition) is 2. The number of nitriles is 1. The minimum atomic E-state index is -1.83. The summed E-state index contributed by atoms with van der Waals surface area (Å²) < 4.78 is 6.21. The first-order valence-electron chi connectivity index (χ1n) is 8.87. The highest BCUT2D eigenvalue weighted by Crippen LogP contribution is 2.37. The quantitative estimate of drug-likeness (QED) is 0.405. The Morgan fingerprint density at radius 3 is 2.22 bits per heavy atom. The van der Waals surface area contributed by atoms with E-state index < -0.39 is 8.32 Å². The Morgan fingerprint density at radius 1 is 1.04 bits per heavy atom. The van der Waals surface area contributed by atoms with Gasteiger partial charge in [0.15, 0.2) is 8.32 Å². The lowest BCUT2D eigenvalue weighted by Gasteiger charge is -2.37. The van der Waals surface area contributed by atoms with Crippen molar-refractivity contribution in [3.8, 4) is 6.07 Å². The molecule has 0 bridgehead atoms. The summed E-state index contributed by atoms with van der Waals surface area (Å²) in [5, 5.41) is 9.52. The zero-order valence-electron chi connectivity index (χ0n) is 15.6. The standard InChI is InChI=1S/C20H33NOSi/c1-20(2,3)23(4,5)22-19(17-21)16-12-7-6-9-13-18-14-10-8-11-15-18/h8,10-11,14-15,19H,6-7,9,12-13,16H2,1-5H3/t19-/m1/s1. The lowest BCUT2D eigenvalue weighted by molar-refractivity contribution is 0.217. The summed E-state index contributed by atoms with van der Waals surface area (Å²) in [4.78, 5) is 0. The summed E-state index contributed by atoms with van der Waals surface area (Å²) >= 11 is 0. The van der Waals surface area contributed by atoms with Gasteiger partial charge in [0.25, 0.3) is 0 Å². The predicted molar refractivity (Wildman–Crippen MR) is 101 cm³/mol. The van der Waals surface area contributed by atoms with Gasteiger partial charge in [-0.15, -0.1) is 0 Å². The first kappa shape index (κ1) is 19.9. The van der Waals surface area contributed by atoms with Crippen molar-refractivity contribution in [1.29, 1.82) is 5.26 Å². The minimum Gasteiger partial charge on any atom is -0.401 e. The summed E-state index contributed by atoms with van der Waals surface area (Å²) in [6.45, 7) is 11.1. The molecule has 1 atom stereocenters. The van der Waals surface area contributed by atoms with Gasteiger partial charge >= 0.3 is 0 Å². The van der Waals surface area contributed by atoms with E-state index in [9.17, 15) is 5.26 Å². The molecule has 0 saturated heterocycles. The van der Waals surface area contributed by atoms with Crippen LogP contribution >= 0.6 is 0 Å². The van der Waals surface area contributed by atoms with Gasteiger partial charge in [-0.05, 0) is 49.4 Å². The third-order valence-electron chi connectivity index (χ3n) is 4.91. The van der Waals surface area contributed by atoms with Crippen molar-refractivity contribution in [1.82, 2.24) is 0 Å². The molecule has 2 nitrogen and oxygen atoms in total. The summed E-state index contributed by atoms with van der Waals surface area (Å²) in [6, 6.07) is 13.0. The fourth-order valence-corrected chi connectivity index (χ4v) is 3.57. The number of benzene rings is 1. The minimum absolute atomic E-state index is 0.164. The normalized spacial score (nSPS) is 13.6. The number of aryl methyl sites for hydroxylation is 1. The smallest absolute Gasteiger partial charge is 0.193 e. The van der Waals surface area contributed by atoms with Gasteiger partial charge in [0.1, 0.15) is 6.10 Å². The van der Waals surface area contributed by atoms with Crippen LogP contribution in [0, 0.1) is 11.3 Å². The molecule has 0 unspecified atom stereocenters. The number of unbranched alkanes of at least 4 members (excludes halogenated alkanes) is 3. The van der Waals surface area contributed by atoms with Crippen molar-refractivity contribution in [3.05, 3.63) is 35.9 Å². The van der Waals surface area contributed by atoms with Crippen molar-refractivity contribution in [3.63, 3.8) is 0 Å². The Balaban J connectivity index is 2.22. The molecular weight excluding hydrogens is 298 g/mol. The van der Waals surface area contributed by atoms with E-state index in [0.717, 1.165) is 19.3 Å². The SMILES string of the molecule is CC(C)(C)[Si](C)(C)O[C@@H](C#N)CCCCCCc1ccccc1. The van der Waals surface area contributed by atoms with Crippen LogP contribution in [0.2, 0.25) is 18.1 Å². The molecule has 23 heavy (non-hydrogen) atoms. The summed E-state index contributed by atoms with van der Waals surface area (Å²) in [5.41, 5.74) is 1.42. The fraction of sp³-hybridized carbons (Fsp3) is 0.650. The summed E-state index contributed by atoms with van der Waals surface area (Å²) in [5.74, 6) is 0. The number of nitrogens with zero attached hydrogens (tertiary/aromatic N) is 1. The topological polar surface area (TPSA) is 33.0 Å². The molecular formula is C20H33NOSi. The monoisotopic (exact) mass is 331 g/mol. The van der Waals surface area contributed by atoms with Crippen LogP contribution in [-0.4, -0.2) is 14.4 Å². The average Bonchev–Trinajstić information content (AvgIpc) is 2.49. The molecule has 0 aliphatic rings. The lowest BCUT2D eigenvalue weighted by Crippen LogP contribution is -2.43. The van der Waals surface area contributed by atoms with Crippen LogP contribution in [-0.2, 0) is 10.8 Å². The van der Waals surface area contributed by atoms with E-state index >= 15 is 0 Å². The molecule has 0 heterocycles. The van der Waals surface area contributed by atoms with Gasteiger partial charge in [-0.3, -0.25) is 0 Å². The van der Waals surface area contributed by atoms with E-state index in [2.05, 4.69) is 70.3 Å². The van der Waals surface area contributed by atoms with Gasteiger partial charge in [0.05, 0.1) is 6.07 Å². The molecule has 0 spiro atoms. The van der Waals surface area contributed by atoms with Crippen molar-refractivity contribution < 1.29 is 4.43 Å². The van der Waals surface area contributed by atoms with Crippen LogP contribution in [0.15, 0.2) is 30.3 Å². The highest BCUT2D eigenvalue weighted by Gasteiger charge is 2.39. The first-order chi connectivity index (χ1) is 10.8. The average molecular weight is 332 g/mol. The van der Waals surface area contributed by atoms with Crippen LogP contribution in [0.1, 0.15) is 58.4 Å². The zero-order chi connectivity index (χ0) is 17.3. The van der Waals surface area contributed by atoms with Gasteiger partial charge in [-0.1, -0.05) is 63.9 Å². The van der Waals surface area contributed by atoms with Crippen LogP contribution < -0.4 is 0 Å². The summed E-state index contributed by atoms with van der Waals surface area (Å²) in [6.07, 6.45) is 6.52. The summed E-state index contributed by atoms with van der Waals surface area (Å²) in [7, 11) is -1.83. The number of hydrogen-bond donors (Lipinski definition) is 0. The van der Waals surface area contributed by atoms with E-state index in [4.69, 9.17) is 4.43 Å². The van der Waals surface area contributed by atoms with Crippen LogP contribution in [0.3, 0.4) is 0 Å². The molecule has 0 radical (unpaired) electrons. The molecule has 0 aliphatic heterocycles. The molecule has 1 rings (SSSR count). The van der Waals surface area contributed by atoms with Crippen molar-refractivity contribution in [2.24, 2.45) is 0 Å². The first-order valence-corrected chi connectivity index (χ1v) is 11.8. The van der Waals surface area contributed by atoms with Crippen LogP contribution in [0.25, 0.3) is 0 Å². The Morgan fingerprint density at radius 2 is 1.65 bits per heavy atom. The molecule has 0 saturated carbocycles. The second-order valence-corrected chi connectivity index (χ2v) is 12.7. The van der Waals surface area contributed by atoms with E-state index in [1.807, 2.05) is 0 Å². The van der Waals surface area contributed by atoms with Gasteiger partial charge in [0, 0.05) is 0 Å². The highest BCUT2D eigenvalue weighted by molar-refractivity contribution is 6.74. The fourth-order valence-electron chi connectivity index (χ4n) is 2.34. The number of rotatable bonds is 9. The van der Waals surface area contributed by atoms with Gasteiger partial charge in [-0.25, -0.2) is 0 Å². The van der Waals surface area contributed by atoms with E-state index in [1.165, 1.54) is 24.8 Å². The molecule has 0 fully saturated rings. The van der Waals surface area contributed by atoms with Crippen LogP contribution in [0.4, 0.5) is 0 Å². The van der Waals surface area contributed by atoms with Crippen molar-refractivity contribution in [2.75, 3.05) is 0 Å². The largest absolute Gasteiger partial charge is 0.401 e. The van der Waals surface area contributed by atoms with Crippen molar-refractivity contribution >= 4 is 8.32 Å². The third kappa shape index (κ3) is 7.33. The van der Waals surface area contributed by atoms with Crippen LogP contribution in [0.5, 0.6) is 0 Å². The molecule has 0 aromatic heterocycles. The van der Waals surface area contributed by atoms with E-state index in [-0.39, 0.29) is 11.1 Å². The lowest BCUT2D eigenvalue weighted by atomic mass is 10.0. The molecule has 128 valence electrons. The maximum atomic E-state index is 9.35. The Hall–Kier alpha value is -1.11. The van der Waals surface area contributed by atoms with Crippen molar-refractivity contribution in [2.45, 2.75) is 83.5 Å². The molecule has 0 aliphatic carbocycles. The van der Waals surface area contributed by atoms with E-state index in [1.54, 1.807) is 0 Å². The Labute approximate surface area is 144 Å². The van der Waals surface area contributed by atoms with Gasteiger partial charge in [-0.2, -0.15) is 5.26 Å². The maximum absolute atomic E-state index is 9.35. The molecule has 1 aromatic carbocycles. The second kappa shape index (κ2) is 9.25. The Bertz CT molecular complexity index is 485. The highest BCUT2D eigenvalue weighted by atomic mass is 28.4. The van der Waals surface area contributed by atoms with Gasteiger partial charge < -0.3 is 4.43 Å². The van der Waals surface area contributed by atoms with E-state index in [0.29, 0.717) is 0 Å². The maximum Gasteiger partial charge on any atom is 0.193 e. The zero-order valence-corrected chi connectivity index (χ0v) is 16.6. The molecule has 0 amide bonds. The predicted octanol–water partition coefficient (Wildman–Crippen LogP) is 6.09. The third-order valence-corrected chi connectivity index (χ3v) is 9.40.